The van der Waals surface area contributed by atoms with Gasteiger partial charge >= 0.3 is 0 Å². The van der Waals surface area contributed by atoms with Crippen molar-refractivity contribution in [2.75, 3.05) is 26.2 Å². The second-order valence-corrected chi connectivity index (χ2v) is 7.08. The molecule has 7 heteroatoms. The van der Waals surface area contributed by atoms with Crippen LogP contribution in [-0.2, 0) is 16.6 Å². The first-order valence-corrected chi connectivity index (χ1v) is 8.59. The van der Waals surface area contributed by atoms with Gasteiger partial charge in [-0.2, -0.15) is 0 Å². The normalized spacial score (nSPS) is 16.7. The molecule has 1 saturated heterocycles. The monoisotopic (exact) mass is 317 g/mol. The summed E-state index contributed by atoms with van der Waals surface area (Å²) in [6.07, 6.45) is 2.40. The lowest BCUT2D eigenvalue weighted by Crippen LogP contribution is -2.33. The number of nitrogens with zero attached hydrogens (tertiary/aromatic N) is 1. The Hall–Kier alpha value is -0.660. The minimum absolute atomic E-state index is 0.212. The van der Waals surface area contributed by atoms with E-state index in [0.717, 1.165) is 19.6 Å². The summed E-state index contributed by atoms with van der Waals surface area (Å²) in [5.41, 5.74) is 6.17. The Morgan fingerprint density at radius 3 is 2.65 bits per heavy atom. The Balaban J connectivity index is 1.98. The van der Waals surface area contributed by atoms with E-state index in [9.17, 15) is 8.42 Å². The molecule has 1 aromatic rings. The maximum absolute atomic E-state index is 12.2. The molecule has 3 N–H and O–H groups in total. The topological polar surface area (TPSA) is 75.4 Å². The van der Waals surface area contributed by atoms with E-state index in [-0.39, 0.29) is 11.4 Å². The molecule has 1 aliphatic rings. The van der Waals surface area contributed by atoms with Crippen molar-refractivity contribution in [1.82, 2.24) is 9.62 Å². The summed E-state index contributed by atoms with van der Waals surface area (Å²) in [7, 11) is -3.49. The molecule has 0 atom stereocenters. The van der Waals surface area contributed by atoms with Gasteiger partial charge in [0, 0.05) is 24.7 Å². The molecule has 0 amide bonds. The van der Waals surface area contributed by atoms with E-state index >= 15 is 0 Å². The van der Waals surface area contributed by atoms with Crippen molar-refractivity contribution in [3.8, 4) is 0 Å². The van der Waals surface area contributed by atoms with Crippen LogP contribution in [0.4, 0.5) is 0 Å². The van der Waals surface area contributed by atoms with E-state index in [0.29, 0.717) is 17.1 Å². The number of benzene rings is 1. The Kier molecular flexibility index (Phi) is 5.40. The lowest BCUT2D eigenvalue weighted by atomic mass is 10.2. The van der Waals surface area contributed by atoms with E-state index in [4.69, 9.17) is 17.3 Å². The smallest absolute Gasteiger partial charge is 0.240 e. The first-order chi connectivity index (χ1) is 9.53. The number of halogens is 1. The summed E-state index contributed by atoms with van der Waals surface area (Å²) in [4.78, 5) is 2.47. The number of likely N-dealkylation sites (tertiary alicyclic amines) is 1. The summed E-state index contributed by atoms with van der Waals surface area (Å²) in [5, 5.41) is 0.489. The molecule has 2 rings (SSSR count). The van der Waals surface area contributed by atoms with Crippen LogP contribution in [0.2, 0.25) is 5.02 Å². The molecule has 0 saturated carbocycles. The van der Waals surface area contributed by atoms with Crippen LogP contribution in [0.1, 0.15) is 18.4 Å². The van der Waals surface area contributed by atoms with Gasteiger partial charge in [-0.25, -0.2) is 13.1 Å². The lowest BCUT2D eigenvalue weighted by molar-refractivity contribution is 0.344. The van der Waals surface area contributed by atoms with E-state index < -0.39 is 10.0 Å². The van der Waals surface area contributed by atoms with Crippen LogP contribution >= 0.6 is 11.6 Å². The highest BCUT2D eigenvalue weighted by molar-refractivity contribution is 7.89. The molecular formula is C13H20ClN3O2S. The lowest BCUT2D eigenvalue weighted by Gasteiger charge is -2.15. The third-order valence-corrected chi connectivity index (χ3v) is 5.29. The van der Waals surface area contributed by atoms with E-state index in [2.05, 4.69) is 9.62 Å². The molecule has 1 fully saturated rings. The van der Waals surface area contributed by atoms with Gasteiger partial charge in [-0.15, -0.1) is 0 Å². The Labute approximate surface area is 125 Å². The zero-order chi connectivity index (χ0) is 14.6. The van der Waals surface area contributed by atoms with E-state index in [1.54, 1.807) is 6.07 Å². The first kappa shape index (κ1) is 15.7. The fourth-order valence-electron chi connectivity index (χ4n) is 2.30. The molecule has 0 aromatic heterocycles. The SMILES string of the molecule is NCc1cc(S(=O)(=O)NCCN2CCCC2)ccc1Cl. The summed E-state index contributed by atoms with van der Waals surface area (Å²) >= 11 is 5.93. The molecule has 1 aromatic carbocycles. The number of nitrogens with one attached hydrogen (secondary N) is 1. The molecule has 0 bridgehead atoms. The summed E-state index contributed by atoms with van der Waals surface area (Å²) in [6.45, 7) is 3.50. The Morgan fingerprint density at radius 2 is 2.00 bits per heavy atom. The molecule has 0 spiro atoms. The summed E-state index contributed by atoms with van der Waals surface area (Å²) < 4.78 is 27.0. The van der Waals surface area contributed by atoms with Gasteiger partial charge in [-0.05, 0) is 49.7 Å². The standard InChI is InChI=1S/C13H20ClN3O2S/c14-13-4-3-12(9-11(13)10-15)20(18,19)16-5-8-17-6-1-2-7-17/h3-4,9,16H,1-2,5-8,10,15H2. The second-order valence-electron chi connectivity index (χ2n) is 4.90. The van der Waals surface area contributed by atoms with Crippen molar-refractivity contribution in [1.29, 1.82) is 0 Å². The Morgan fingerprint density at radius 1 is 1.30 bits per heavy atom. The minimum Gasteiger partial charge on any atom is -0.326 e. The highest BCUT2D eigenvalue weighted by Crippen LogP contribution is 2.19. The number of hydrogen-bond donors (Lipinski definition) is 2. The number of nitrogens with two attached hydrogens (primary N) is 1. The van der Waals surface area contributed by atoms with Crippen molar-refractivity contribution in [2.24, 2.45) is 5.73 Å². The van der Waals surface area contributed by atoms with Gasteiger partial charge in [0.25, 0.3) is 0 Å². The number of sulfonamides is 1. The van der Waals surface area contributed by atoms with Crippen molar-refractivity contribution >= 4 is 21.6 Å². The average Bonchev–Trinajstić information content (AvgIpc) is 2.92. The van der Waals surface area contributed by atoms with Crippen molar-refractivity contribution < 1.29 is 8.42 Å². The zero-order valence-corrected chi connectivity index (χ0v) is 12.9. The van der Waals surface area contributed by atoms with Gasteiger partial charge in [0.1, 0.15) is 0 Å². The van der Waals surface area contributed by atoms with Crippen LogP contribution in [0, 0.1) is 0 Å². The third kappa shape index (κ3) is 3.93. The van der Waals surface area contributed by atoms with Crippen LogP contribution in [0.15, 0.2) is 23.1 Å². The van der Waals surface area contributed by atoms with Crippen LogP contribution in [0.25, 0.3) is 0 Å². The third-order valence-electron chi connectivity index (χ3n) is 3.47. The van der Waals surface area contributed by atoms with Gasteiger partial charge in [-0.1, -0.05) is 11.6 Å². The molecule has 0 unspecified atom stereocenters. The number of hydrogen-bond acceptors (Lipinski definition) is 4. The largest absolute Gasteiger partial charge is 0.326 e. The van der Waals surface area contributed by atoms with Gasteiger partial charge in [-0.3, -0.25) is 0 Å². The van der Waals surface area contributed by atoms with Gasteiger partial charge in [0.15, 0.2) is 0 Å². The fourth-order valence-corrected chi connectivity index (χ4v) is 3.57. The molecule has 0 aliphatic carbocycles. The zero-order valence-electron chi connectivity index (χ0n) is 11.3. The predicted octanol–water partition coefficient (Wildman–Crippen LogP) is 1.17. The maximum Gasteiger partial charge on any atom is 0.240 e. The predicted molar refractivity (Wildman–Crippen MR) is 80.2 cm³/mol. The molecule has 1 heterocycles. The highest BCUT2D eigenvalue weighted by atomic mass is 35.5. The van der Waals surface area contributed by atoms with Crippen molar-refractivity contribution in [3.05, 3.63) is 28.8 Å². The molecule has 20 heavy (non-hydrogen) atoms. The van der Waals surface area contributed by atoms with Crippen LogP contribution in [0.5, 0.6) is 0 Å². The molecular weight excluding hydrogens is 298 g/mol. The first-order valence-electron chi connectivity index (χ1n) is 6.73. The van der Waals surface area contributed by atoms with Crippen LogP contribution < -0.4 is 10.5 Å². The van der Waals surface area contributed by atoms with Crippen LogP contribution in [0.3, 0.4) is 0 Å². The summed E-state index contributed by atoms with van der Waals surface area (Å²) in [5.74, 6) is 0. The summed E-state index contributed by atoms with van der Waals surface area (Å²) in [6, 6.07) is 4.60. The molecule has 5 nitrogen and oxygen atoms in total. The van der Waals surface area contributed by atoms with E-state index in [1.807, 2.05) is 0 Å². The minimum atomic E-state index is -3.49. The molecule has 0 radical (unpaired) electrons. The van der Waals surface area contributed by atoms with Crippen molar-refractivity contribution in [3.63, 3.8) is 0 Å². The van der Waals surface area contributed by atoms with Crippen LogP contribution in [-0.4, -0.2) is 39.5 Å². The second kappa shape index (κ2) is 6.87. The van der Waals surface area contributed by atoms with Crippen molar-refractivity contribution in [2.45, 2.75) is 24.3 Å². The highest BCUT2D eigenvalue weighted by Gasteiger charge is 2.16. The average molecular weight is 318 g/mol. The fraction of sp³-hybridized carbons (Fsp3) is 0.538. The molecule has 1 aliphatic heterocycles. The molecule has 112 valence electrons. The Bertz CT molecular complexity index is 557. The van der Waals surface area contributed by atoms with Gasteiger partial charge < -0.3 is 10.6 Å². The van der Waals surface area contributed by atoms with Gasteiger partial charge in [0.05, 0.1) is 4.90 Å². The van der Waals surface area contributed by atoms with E-state index in [1.165, 1.54) is 25.0 Å². The number of rotatable bonds is 6. The van der Waals surface area contributed by atoms with Gasteiger partial charge in [0.2, 0.25) is 10.0 Å². The quantitative estimate of drug-likeness (QED) is 0.826. The maximum atomic E-state index is 12.2.